The second-order valence-corrected chi connectivity index (χ2v) is 4.95. The van der Waals surface area contributed by atoms with E-state index in [-0.39, 0.29) is 11.9 Å². The smallest absolute Gasteiger partial charge is 0.253 e. The number of amides is 1. The molecule has 1 aromatic carbocycles. The zero-order chi connectivity index (χ0) is 15.1. The average Bonchev–Trinajstić information content (AvgIpc) is 2.54. The van der Waals surface area contributed by atoms with Crippen molar-refractivity contribution in [1.82, 2.24) is 10.3 Å². The summed E-state index contributed by atoms with van der Waals surface area (Å²) >= 11 is 0. The lowest BCUT2D eigenvalue weighted by Gasteiger charge is -2.16. The molecule has 0 aliphatic rings. The normalized spacial score (nSPS) is 11.7. The number of aromatic nitrogens is 1. The summed E-state index contributed by atoms with van der Waals surface area (Å²) in [6, 6.07) is 11.3. The van der Waals surface area contributed by atoms with Gasteiger partial charge in [-0.25, -0.2) is 0 Å². The Morgan fingerprint density at radius 3 is 2.76 bits per heavy atom. The number of pyridine rings is 1. The summed E-state index contributed by atoms with van der Waals surface area (Å²) in [5.41, 5.74) is 2.53. The monoisotopic (exact) mass is 283 g/mol. The fourth-order valence-electron chi connectivity index (χ4n) is 2.08. The maximum absolute atomic E-state index is 12.4. The molecule has 0 unspecified atom stereocenters. The molecule has 21 heavy (non-hydrogen) atoms. The Kier molecular flexibility index (Phi) is 5.32. The van der Waals surface area contributed by atoms with E-state index >= 15 is 0 Å². The Balaban J connectivity index is 2.10. The first kappa shape index (κ1) is 15.0. The lowest BCUT2D eigenvalue weighted by molar-refractivity contribution is 0.0940. The Morgan fingerprint density at radius 2 is 2.05 bits per heavy atom. The van der Waals surface area contributed by atoms with Gasteiger partial charge in [-0.1, -0.05) is 25.1 Å². The molecule has 1 heterocycles. The highest BCUT2D eigenvalue weighted by atomic mass is 16.1. The molecule has 1 aromatic heterocycles. The highest BCUT2D eigenvalue weighted by Gasteiger charge is 2.14. The molecule has 0 bridgehead atoms. The number of para-hydroxylation sites is 1. The summed E-state index contributed by atoms with van der Waals surface area (Å²) in [6.45, 7) is 4.90. The van der Waals surface area contributed by atoms with E-state index in [4.69, 9.17) is 0 Å². The summed E-state index contributed by atoms with van der Waals surface area (Å²) in [7, 11) is 0. The van der Waals surface area contributed by atoms with Crippen molar-refractivity contribution in [2.45, 2.75) is 26.3 Å². The van der Waals surface area contributed by atoms with Gasteiger partial charge in [0.2, 0.25) is 0 Å². The molecule has 4 nitrogen and oxygen atoms in total. The van der Waals surface area contributed by atoms with Gasteiger partial charge in [0.05, 0.1) is 11.6 Å². The first-order valence-corrected chi connectivity index (χ1v) is 7.26. The predicted octanol–water partition coefficient (Wildman–Crippen LogP) is 3.39. The molecule has 2 N–H and O–H groups in total. The van der Waals surface area contributed by atoms with Crippen molar-refractivity contribution < 1.29 is 4.79 Å². The number of hydrogen-bond donors (Lipinski definition) is 2. The number of nitrogens with zero attached hydrogens (tertiary/aromatic N) is 1. The highest BCUT2D eigenvalue weighted by molar-refractivity contribution is 5.99. The van der Waals surface area contributed by atoms with Gasteiger partial charge in [0.15, 0.2) is 0 Å². The van der Waals surface area contributed by atoms with Crippen molar-refractivity contribution in [3.63, 3.8) is 0 Å². The Hall–Kier alpha value is -2.36. The van der Waals surface area contributed by atoms with Crippen LogP contribution in [0.4, 0.5) is 5.69 Å². The molecule has 2 aromatic rings. The van der Waals surface area contributed by atoms with Crippen LogP contribution < -0.4 is 10.6 Å². The fourth-order valence-corrected chi connectivity index (χ4v) is 2.08. The van der Waals surface area contributed by atoms with Crippen molar-refractivity contribution in [3.8, 4) is 0 Å². The van der Waals surface area contributed by atoms with E-state index in [1.54, 1.807) is 12.4 Å². The predicted molar refractivity (Wildman–Crippen MR) is 85.3 cm³/mol. The zero-order valence-corrected chi connectivity index (χ0v) is 12.5. The Labute approximate surface area is 125 Å². The standard InChI is InChI=1S/C17H21N3O/c1-3-10-19-16-9-5-4-8-15(16)17(21)20-13(2)14-7-6-11-18-12-14/h4-9,11-13,19H,3,10H2,1-2H3,(H,20,21)/t13-/m1/s1. The van der Waals surface area contributed by atoms with E-state index < -0.39 is 0 Å². The van der Waals surface area contributed by atoms with Crippen molar-refractivity contribution in [2.75, 3.05) is 11.9 Å². The van der Waals surface area contributed by atoms with Crippen LogP contribution in [0.1, 0.15) is 42.2 Å². The van der Waals surface area contributed by atoms with Gasteiger partial charge in [-0.05, 0) is 37.1 Å². The van der Waals surface area contributed by atoms with E-state index in [1.165, 1.54) is 0 Å². The summed E-state index contributed by atoms with van der Waals surface area (Å²) in [4.78, 5) is 16.5. The minimum atomic E-state index is -0.0783. The molecule has 0 spiro atoms. The van der Waals surface area contributed by atoms with Gasteiger partial charge < -0.3 is 10.6 Å². The van der Waals surface area contributed by atoms with Crippen LogP contribution in [-0.4, -0.2) is 17.4 Å². The molecule has 4 heteroatoms. The number of hydrogen-bond acceptors (Lipinski definition) is 3. The minimum absolute atomic E-state index is 0.0782. The first-order chi connectivity index (χ1) is 10.2. The van der Waals surface area contributed by atoms with Gasteiger partial charge in [-0.2, -0.15) is 0 Å². The fraction of sp³-hybridized carbons (Fsp3) is 0.294. The van der Waals surface area contributed by atoms with Crippen molar-refractivity contribution in [2.24, 2.45) is 0 Å². The molecule has 0 saturated carbocycles. The maximum atomic E-state index is 12.4. The summed E-state index contributed by atoms with van der Waals surface area (Å²) in [5.74, 6) is -0.0782. The maximum Gasteiger partial charge on any atom is 0.253 e. The molecule has 0 aliphatic carbocycles. The number of benzene rings is 1. The first-order valence-electron chi connectivity index (χ1n) is 7.26. The van der Waals surface area contributed by atoms with Crippen LogP contribution in [0.2, 0.25) is 0 Å². The van der Waals surface area contributed by atoms with Crippen LogP contribution in [0, 0.1) is 0 Å². The van der Waals surface area contributed by atoms with Crippen LogP contribution in [0.3, 0.4) is 0 Å². The molecule has 1 atom stereocenters. The van der Waals surface area contributed by atoms with Gasteiger partial charge in [0.25, 0.3) is 5.91 Å². The van der Waals surface area contributed by atoms with Crippen LogP contribution in [-0.2, 0) is 0 Å². The molecule has 0 radical (unpaired) electrons. The number of anilines is 1. The molecule has 0 saturated heterocycles. The van der Waals surface area contributed by atoms with E-state index in [1.807, 2.05) is 43.3 Å². The lowest BCUT2D eigenvalue weighted by Crippen LogP contribution is -2.27. The van der Waals surface area contributed by atoms with Gasteiger partial charge in [-0.3, -0.25) is 9.78 Å². The largest absolute Gasteiger partial charge is 0.384 e. The summed E-state index contributed by atoms with van der Waals surface area (Å²) in [6.07, 6.45) is 4.51. The zero-order valence-electron chi connectivity index (χ0n) is 12.5. The minimum Gasteiger partial charge on any atom is -0.384 e. The average molecular weight is 283 g/mol. The highest BCUT2D eigenvalue weighted by Crippen LogP contribution is 2.17. The molecule has 0 aliphatic heterocycles. The number of nitrogens with one attached hydrogen (secondary N) is 2. The third-order valence-corrected chi connectivity index (χ3v) is 3.27. The third kappa shape index (κ3) is 4.05. The Morgan fingerprint density at radius 1 is 1.24 bits per heavy atom. The van der Waals surface area contributed by atoms with Crippen molar-refractivity contribution >= 4 is 11.6 Å². The van der Waals surface area contributed by atoms with Crippen molar-refractivity contribution in [3.05, 3.63) is 59.9 Å². The summed E-state index contributed by atoms with van der Waals surface area (Å²) < 4.78 is 0. The quantitative estimate of drug-likeness (QED) is 0.854. The lowest BCUT2D eigenvalue weighted by atomic mass is 10.1. The molecule has 0 fully saturated rings. The van der Waals surface area contributed by atoms with Crippen LogP contribution >= 0.6 is 0 Å². The number of carbonyl (C=O) groups is 1. The van der Waals surface area contributed by atoms with Gasteiger partial charge >= 0.3 is 0 Å². The van der Waals surface area contributed by atoms with E-state index in [0.29, 0.717) is 5.56 Å². The van der Waals surface area contributed by atoms with E-state index in [2.05, 4.69) is 22.5 Å². The van der Waals surface area contributed by atoms with Crippen LogP contribution in [0.25, 0.3) is 0 Å². The SMILES string of the molecule is CCCNc1ccccc1C(=O)N[C@H](C)c1cccnc1. The second-order valence-electron chi connectivity index (χ2n) is 4.95. The molecule has 1 amide bonds. The molecular weight excluding hydrogens is 262 g/mol. The number of carbonyl (C=O) groups excluding carboxylic acids is 1. The summed E-state index contributed by atoms with van der Waals surface area (Å²) in [5, 5.41) is 6.29. The second kappa shape index (κ2) is 7.43. The van der Waals surface area contributed by atoms with Crippen LogP contribution in [0.5, 0.6) is 0 Å². The van der Waals surface area contributed by atoms with E-state index in [0.717, 1.165) is 24.2 Å². The Bertz CT molecular complexity index is 584. The van der Waals surface area contributed by atoms with Gasteiger partial charge in [-0.15, -0.1) is 0 Å². The number of rotatable bonds is 6. The molecular formula is C17H21N3O. The molecule has 110 valence electrons. The van der Waals surface area contributed by atoms with E-state index in [9.17, 15) is 4.79 Å². The van der Waals surface area contributed by atoms with Gasteiger partial charge in [0, 0.05) is 24.6 Å². The van der Waals surface area contributed by atoms with Crippen molar-refractivity contribution in [1.29, 1.82) is 0 Å². The third-order valence-electron chi connectivity index (χ3n) is 3.27. The van der Waals surface area contributed by atoms with Gasteiger partial charge in [0.1, 0.15) is 0 Å². The van der Waals surface area contributed by atoms with Crippen LogP contribution in [0.15, 0.2) is 48.8 Å². The molecule has 2 rings (SSSR count). The topological polar surface area (TPSA) is 54.0 Å².